The lowest BCUT2D eigenvalue weighted by atomic mass is 10.0. The maximum atomic E-state index is 13.8. The largest absolute Gasteiger partial charge is 0.445 e. The molecule has 0 fully saturated rings. The summed E-state index contributed by atoms with van der Waals surface area (Å²) in [6.07, 6.45) is 2.75. The van der Waals surface area contributed by atoms with Gasteiger partial charge in [-0.1, -0.05) is 103 Å². The third kappa shape index (κ3) is 15.4. The van der Waals surface area contributed by atoms with Crippen molar-refractivity contribution in [3.05, 3.63) is 142 Å². The summed E-state index contributed by atoms with van der Waals surface area (Å²) < 4.78 is 13.1. The van der Waals surface area contributed by atoms with Gasteiger partial charge in [0.25, 0.3) is 0 Å². The maximum Gasteiger partial charge on any atom is 0.407 e. The molecule has 20 nitrogen and oxygen atoms in total. The van der Waals surface area contributed by atoms with Gasteiger partial charge in [-0.25, -0.2) is 19.6 Å². The standard InChI is InChI=1S/C50H59N13O7/c1-2-3-15-42-61-44-45(38-12-7-8-13-39(38)59-46(44)51)63(42)31-35-18-16-34(17-19-35)30-55-50(68)70-32-36-20-22-37(23-21-36)57-47(65)40(14-9-25-54-49(52)67)60-48(66)41(29-33-10-5-4-6-11-33)58-43(64)24-27-69-28-26-56-62-53/h4-8,10-13,16-23,40-41H,2-3,9,14-15,24-32H2,1H3,(H2,51,59)(H,55,68)(H,57,65)(H,58,64)(H,60,66)(H3,52,54,67)/t40-,41-/m0/s1. The number of nitrogens with zero attached hydrogens (tertiary/aromatic N) is 6. The summed E-state index contributed by atoms with van der Waals surface area (Å²) in [6, 6.07) is 28.9. The predicted molar refractivity (Wildman–Crippen MR) is 266 cm³/mol. The highest BCUT2D eigenvalue weighted by atomic mass is 16.5. The van der Waals surface area contributed by atoms with Gasteiger partial charge in [-0.05, 0) is 65.2 Å². The van der Waals surface area contributed by atoms with Gasteiger partial charge in [-0.3, -0.25) is 14.4 Å². The number of aromatic nitrogens is 3. The van der Waals surface area contributed by atoms with Crippen LogP contribution in [0.5, 0.6) is 0 Å². The third-order valence-electron chi connectivity index (χ3n) is 11.2. The van der Waals surface area contributed by atoms with Gasteiger partial charge < -0.3 is 52.1 Å². The molecule has 70 heavy (non-hydrogen) atoms. The van der Waals surface area contributed by atoms with E-state index in [1.807, 2.05) is 78.9 Å². The van der Waals surface area contributed by atoms with Gasteiger partial charge >= 0.3 is 12.1 Å². The number of hydrogen-bond acceptors (Lipinski definition) is 11. The Morgan fingerprint density at radius 3 is 2.27 bits per heavy atom. The number of rotatable bonds is 26. The minimum absolute atomic E-state index is 0.0329. The number of anilines is 2. The lowest BCUT2D eigenvalue weighted by Crippen LogP contribution is -2.53. The molecule has 0 aliphatic rings. The normalized spacial score (nSPS) is 11.8. The first-order chi connectivity index (χ1) is 34.0. The fourth-order valence-corrected chi connectivity index (χ4v) is 7.64. The van der Waals surface area contributed by atoms with Crippen LogP contribution in [0, 0.1) is 0 Å². The van der Waals surface area contributed by atoms with Crippen LogP contribution in [0.3, 0.4) is 0 Å². The first-order valence-electron chi connectivity index (χ1n) is 23.2. The number of carbonyl (C=O) groups is 5. The maximum absolute atomic E-state index is 13.8. The molecule has 0 saturated heterocycles. The smallest absolute Gasteiger partial charge is 0.407 e. The number of nitrogens with two attached hydrogens (primary N) is 2. The molecular formula is C50H59N13O7. The number of amides is 6. The molecule has 0 radical (unpaired) electrons. The number of urea groups is 1. The number of hydrogen-bond donors (Lipinski definition) is 7. The number of ether oxygens (including phenoxy) is 2. The molecule has 2 aromatic heterocycles. The molecule has 0 spiro atoms. The number of imidazole rings is 1. The zero-order valence-corrected chi connectivity index (χ0v) is 39.1. The lowest BCUT2D eigenvalue weighted by molar-refractivity contribution is -0.131. The van der Waals surface area contributed by atoms with E-state index < -0.39 is 41.9 Å². The molecule has 0 bridgehead atoms. The number of alkyl carbamates (subject to hydrolysis) is 1. The van der Waals surface area contributed by atoms with Crippen molar-refractivity contribution >= 4 is 63.3 Å². The average molecular weight is 954 g/mol. The van der Waals surface area contributed by atoms with Crippen LogP contribution in [-0.2, 0) is 56.4 Å². The summed E-state index contributed by atoms with van der Waals surface area (Å²) in [5.74, 6) is -0.214. The van der Waals surface area contributed by atoms with Crippen molar-refractivity contribution in [2.24, 2.45) is 10.8 Å². The van der Waals surface area contributed by atoms with Gasteiger partial charge in [0.1, 0.15) is 30.0 Å². The molecule has 9 N–H and O–H groups in total. The van der Waals surface area contributed by atoms with Gasteiger partial charge in [-0.2, -0.15) is 0 Å². The van der Waals surface area contributed by atoms with Crippen molar-refractivity contribution < 1.29 is 33.4 Å². The minimum atomic E-state index is -1.07. The molecule has 6 rings (SSSR count). The van der Waals surface area contributed by atoms with Crippen LogP contribution >= 0.6 is 0 Å². The highest BCUT2D eigenvalue weighted by Crippen LogP contribution is 2.30. The number of pyridine rings is 1. The molecule has 20 heteroatoms. The number of primary amides is 1. The Bertz CT molecular complexity index is 2760. The van der Waals surface area contributed by atoms with Crippen LogP contribution in [0.2, 0.25) is 0 Å². The quantitative estimate of drug-likeness (QED) is 0.0138. The first kappa shape index (κ1) is 51.2. The minimum Gasteiger partial charge on any atom is -0.445 e. The number of benzene rings is 4. The van der Waals surface area contributed by atoms with Gasteiger partial charge in [0.15, 0.2) is 5.82 Å². The van der Waals surface area contributed by atoms with Crippen molar-refractivity contribution in [3.63, 3.8) is 0 Å². The van der Waals surface area contributed by atoms with Crippen LogP contribution in [0.15, 0.2) is 108 Å². The second-order valence-corrected chi connectivity index (χ2v) is 16.5. The van der Waals surface area contributed by atoms with Crippen LogP contribution in [-0.4, -0.2) is 82.8 Å². The molecule has 4 aromatic carbocycles. The number of carbonyl (C=O) groups excluding carboxylic acids is 5. The van der Waals surface area contributed by atoms with E-state index in [0.29, 0.717) is 35.6 Å². The Balaban J connectivity index is 1.01. The van der Waals surface area contributed by atoms with Gasteiger partial charge in [0.05, 0.1) is 24.2 Å². The Labute approximate surface area is 404 Å². The van der Waals surface area contributed by atoms with E-state index in [1.54, 1.807) is 24.3 Å². The van der Waals surface area contributed by atoms with Crippen molar-refractivity contribution in [2.45, 2.75) is 83.6 Å². The Morgan fingerprint density at radius 2 is 1.53 bits per heavy atom. The van der Waals surface area contributed by atoms with Crippen LogP contribution in [0.1, 0.15) is 67.1 Å². The van der Waals surface area contributed by atoms with Gasteiger partial charge in [0, 0.05) is 61.4 Å². The van der Waals surface area contributed by atoms with Crippen molar-refractivity contribution in [1.82, 2.24) is 35.8 Å². The number of unbranched alkanes of at least 4 members (excludes halogenated alkanes) is 1. The van der Waals surface area contributed by atoms with E-state index in [2.05, 4.69) is 53.1 Å². The molecule has 6 amide bonds. The predicted octanol–water partition coefficient (Wildman–Crippen LogP) is 6.30. The molecule has 0 unspecified atom stereocenters. The number of nitrogen functional groups attached to an aromatic ring is 1. The topological polar surface area (TPSA) is 295 Å². The highest BCUT2D eigenvalue weighted by Gasteiger charge is 2.27. The van der Waals surface area contributed by atoms with Crippen molar-refractivity contribution in [1.29, 1.82) is 0 Å². The second-order valence-electron chi connectivity index (χ2n) is 16.5. The van der Waals surface area contributed by atoms with Crippen molar-refractivity contribution in [3.8, 4) is 0 Å². The molecule has 2 atom stereocenters. The van der Waals surface area contributed by atoms with E-state index in [1.165, 1.54) is 0 Å². The first-order valence-corrected chi connectivity index (χ1v) is 23.2. The Kier molecular flexibility index (Phi) is 19.3. The second kappa shape index (κ2) is 26.4. The van der Waals surface area contributed by atoms with Crippen LogP contribution in [0.25, 0.3) is 32.4 Å². The monoisotopic (exact) mass is 953 g/mol. The van der Waals surface area contributed by atoms with E-state index in [-0.39, 0.29) is 58.7 Å². The number of fused-ring (bicyclic) bond motifs is 3. The third-order valence-corrected chi connectivity index (χ3v) is 11.2. The number of azide groups is 1. The van der Waals surface area contributed by atoms with Crippen molar-refractivity contribution in [2.75, 3.05) is 37.4 Å². The SMILES string of the molecule is CCCCc1nc2c(N)nc3ccccc3c2n1Cc1ccc(CNC(=O)OCc2ccc(NC(=O)[C@H](CCCNC(N)=O)NC(=O)[C@H](Cc3ccccc3)NC(=O)CCOCCN=[N+]=[N-])cc2)cc1. The van der Waals surface area contributed by atoms with Gasteiger partial charge in [0.2, 0.25) is 17.7 Å². The van der Waals surface area contributed by atoms with Crippen LogP contribution < -0.4 is 38.1 Å². The number of nitrogens with one attached hydrogen (secondary N) is 5. The summed E-state index contributed by atoms with van der Waals surface area (Å²) in [5.41, 5.74) is 26.3. The molecule has 366 valence electrons. The molecule has 0 aliphatic carbocycles. The molecule has 2 heterocycles. The van der Waals surface area contributed by atoms with E-state index in [0.717, 1.165) is 58.2 Å². The Morgan fingerprint density at radius 1 is 0.800 bits per heavy atom. The molecular weight excluding hydrogens is 895 g/mol. The summed E-state index contributed by atoms with van der Waals surface area (Å²) in [6.45, 7) is 3.41. The summed E-state index contributed by atoms with van der Waals surface area (Å²) in [4.78, 5) is 76.6. The fraction of sp³-hybridized carbons (Fsp3) is 0.340. The lowest BCUT2D eigenvalue weighted by Gasteiger charge is -2.23. The summed E-state index contributed by atoms with van der Waals surface area (Å²) in [5, 5.41) is 18.0. The van der Waals surface area contributed by atoms with Gasteiger partial charge in [-0.15, -0.1) is 0 Å². The highest BCUT2D eigenvalue weighted by molar-refractivity contribution is 6.06. The number of aryl methyl sites for hydroxylation is 1. The molecule has 0 aliphatic heterocycles. The summed E-state index contributed by atoms with van der Waals surface area (Å²) >= 11 is 0. The number of para-hydroxylation sites is 1. The van der Waals surface area contributed by atoms with E-state index in [4.69, 9.17) is 31.5 Å². The zero-order valence-electron chi connectivity index (χ0n) is 39.1. The molecule has 6 aromatic rings. The van der Waals surface area contributed by atoms with E-state index in [9.17, 15) is 24.0 Å². The molecule has 0 saturated carbocycles. The fourth-order valence-electron chi connectivity index (χ4n) is 7.64. The zero-order chi connectivity index (χ0) is 49.7. The summed E-state index contributed by atoms with van der Waals surface area (Å²) in [7, 11) is 0. The Hall–Kier alpha value is -8.22. The average Bonchev–Trinajstić information content (AvgIpc) is 3.73. The van der Waals surface area contributed by atoms with Crippen LogP contribution in [0.4, 0.5) is 21.1 Å². The van der Waals surface area contributed by atoms with E-state index >= 15 is 0 Å².